The number of para-hydroxylation sites is 1. The molecule has 1 amide bonds. The molecule has 0 radical (unpaired) electrons. The molecule has 1 unspecified atom stereocenters. The van der Waals surface area contributed by atoms with Gasteiger partial charge in [0.2, 0.25) is 0 Å². The second kappa shape index (κ2) is 11.6. The molecule has 0 spiro atoms. The van der Waals surface area contributed by atoms with Crippen molar-refractivity contribution in [2.24, 2.45) is 7.05 Å². The Balaban J connectivity index is 1.22. The Kier molecular flexibility index (Phi) is 7.76. The average Bonchev–Trinajstić information content (AvgIpc) is 3.39. The van der Waals surface area contributed by atoms with Gasteiger partial charge >= 0.3 is 0 Å². The lowest BCUT2D eigenvalue weighted by molar-refractivity contribution is 0.0951. The quantitative estimate of drug-likeness (QED) is 0.356. The van der Waals surface area contributed by atoms with Crippen molar-refractivity contribution < 1.29 is 4.79 Å². The number of nitrogens with zero attached hydrogens (tertiary/aromatic N) is 6. The fraction of sp³-hybridized carbons (Fsp3) is 0.333. The number of aryl methyl sites for hydroxylation is 2. The summed E-state index contributed by atoms with van der Waals surface area (Å²) in [5.74, 6) is 1.75. The third-order valence-corrected chi connectivity index (χ3v) is 7.27. The van der Waals surface area contributed by atoms with Crippen LogP contribution in [0.1, 0.15) is 45.6 Å². The molecule has 2 aromatic carbocycles. The highest BCUT2D eigenvalue weighted by molar-refractivity contribution is 5.94. The second-order valence-corrected chi connectivity index (χ2v) is 10.1. The zero-order chi connectivity index (χ0) is 27.4. The average molecular weight is 525 g/mol. The number of amides is 1. The maximum absolute atomic E-state index is 12.7. The third-order valence-electron chi connectivity index (χ3n) is 7.27. The standard InChI is InChI=1S/C30H36N8O/c1-21-8-7-10-24(16-21)30(39)31-17-25-9-5-6-11-27(25)37-12-14-38(15-13-37)29-22(2)28(32-20-33-29)35-23(3)26-18-34-36(4)19-26/h5-11,16,18-20,23H,12-15,17H2,1-4H3,(H,31,39)(H,32,33,35). The van der Waals surface area contributed by atoms with Crippen LogP contribution in [0.4, 0.5) is 17.3 Å². The van der Waals surface area contributed by atoms with E-state index in [0.29, 0.717) is 12.1 Å². The fourth-order valence-corrected chi connectivity index (χ4v) is 5.05. The second-order valence-electron chi connectivity index (χ2n) is 10.1. The van der Waals surface area contributed by atoms with E-state index >= 15 is 0 Å². The molecule has 1 fully saturated rings. The van der Waals surface area contributed by atoms with Crippen molar-refractivity contribution in [2.45, 2.75) is 33.4 Å². The number of hydrogen-bond donors (Lipinski definition) is 2. The number of carbonyl (C=O) groups is 1. The summed E-state index contributed by atoms with van der Waals surface area (Å²) in [7, 11) is 1.92. The van der Waals surface area contributed by atoms with Crippen molar-refractivity contribution >= 4 is 23.2 Å². The SMILES string of the molecule is Cc1cccc(C(=O)NCc2ccccc2N2CCN(c3ncnc(NC(C)c4cnn(C)c4)c3C)CC2)c1. The van der Waals surface area contributed by atoms with Crippen molar-refractivity contribution in [1.82, 2.24) is 25.1 Å². The van der Waals surface area contributed by atoms with Crippen LogP contribution in [0.25, 0.3) is 0 Å². The van der Waals surface area contributed by atoms with Gasteiger partial charge < -0.3 is 20.4 Å². The van der Waals surface area contributed by atoms with Gasteiger partial charge in [0.25, 0.3) is 5.91 Å². The normalized spacial score (nSPS) is 14.3. The van der Waals surface area contributed by atoms with E-state index in [-0.39, 0.29) is 11.9 Å². The van der Waals surface area contributed by atoms with Crippen LogP contribution in [0.2, 0.25) is 0 Å². The van der Waals surface area contributed by atoms with E-state index < -0.39 is 0 Å². The third kappa shape index (κ3) is 6.03. The van der Waals surface area contributed by atoms with Gasteiger partial charge in [-0.05, 0) is 44.5 Å². The Hall–Kier alpha value is -4.40. The van der Waals surface area contributed by atoms with Crippen LogP contribution in [-0.4, -0.2) is 51.8 Å². The summed E-state index contributed by atoms with van der Waals surface area (Å²) >= 11 is 0. The van der Waals surface area contributed by atoms with Gasteiger partial charge in [-0.3, -0.25) is 9.48 Å². The lowest BCUT2D eigenvalue weighted by Crippen LogP contribution is -2.47. The molecule has 2 N–H and O–H groups in total. The van der Waals surface area contributed by atoms with Gasteiger partial charge in [0.15, 0.2) is 0 Å². The molecule has 1 saturated heterocycles. The molecule has 1 atom stereocenters. The summed E-state index contributed by atoms with van der Waals surface area (Å²) in [5, 5.41) is 10.9. The summed E-state index contributed by atoms with van der Waals surface area (Å²) < 4.78 is 1.81. The van der Waals surface area contributed by atoms with Crippen molar-refractivity contribution in [2.75, 3.05) is 41.3 Å². The number of aromatic nitrogens is 4. The van der Waals surface area contributed by atoms with E-state index in [1.165, 1.54) is 0 Å². The Morgan fingerprint density at radius 3 is 2.51 bits per heavy atom. The van der Waals surface area contributed by atoms with Gasteiger partial charge in [-0.1, -0.05) is 35.9 Å². The van der Waals surface area contributed by atoms with Crippen molar-refractivity contribution in [3.63, 3.8) is 0 Å². The molecule has 9 heteroatoms. The minimum absolute atomic E-state index is 0.0557. The predicted octanol–water partition coefficient (Wildman–Crippen LogP) is 4.26. The van der Waals surface area contributed by atoms with Crippen molar-refractivity contribution in [1.29, 1.82) is 0 Å². The molecule has 1 aliphatic heterocycles. The Labute approximate surface area is 229 Å². The molecule has 4 aromatic rings. The monoisotopic (exact) mass is 524 g/mol. The van der Waals surface area contributed by atoms with E-state index in [1.807, 2.05) is 61.4 Å². The largest absolute Gasteiger partial charge is 0.368 e. The van der Waals surface area contributed by atoms with Crippen LogP contribution < -0.4 is 20.4 Å². The molecule has 202 valence electrons. The first-order chi connectivity index (χ1) is 18.9. The summed E-state index contributed by atoms with van der Waals surface area (Å²) in [6, 6.07) is 16.1. The summed E-state index contributed by atoms with van der Waals surface area (Å²) in [5.41, 5.74) is 6.19. The number of rotatable bonds is 8. The minimum Gasteiger partial charge on any atom is -0.368 e. The molecule has 0 aliphatic carbocycles. The summed E-state index contributed by atoms with van der Waals surface area (Å²) in [4.78, 5) is 26.6. The van der Waals surface area contributed by atoms with Gasteiger partial charge in [-0.25, -0.2) is 9.97 Å². The highest BCUT2D eigenvalue weighted by Crippen LogP contribution is 2.28. The smallest absolute Gasteiger partial charge is 0.251 e. The molecule has 2 aromatic heterocycles. The number of hydrogen-bond acceptors (Lipinski definition) is 7. The summed E-state index contributed by atoms with van der Waals surface area (Å²) in [6.07, 6.45) is 5.53. The zero-order valence-electron chi connectivity index (χ0n) is 23.1. The maximum atomic E-state index is 12.7. The van der Waals surface area contributed by atoms with E-state index in [1.54, 1.807) is 6.33 Å². The number of carbonyl (C=O) groups excluding carboxylic acids is 1. The first-order valence-corrected chi connectivity index (χ1v) is 13.4. The molecular weight excluding hydrogens is 488 g/mol. The predicted molar refractivity (Wildman–Crippen MR) is 155 cm³/mol. The van der Waals surface area contributed by atoms with E-state index in [2.05, 4.69) is 67.5 Å². The number of benzene rings is 2. The Morgan fingerprint density at radius 1 is 1.00 bits per heavy atom. The van der Waals surface area contributed by atoms with Crippen LogP contribution in [0.15, 0.2) is 67.3 Å². The zero-order valence-corrected chi connectivity index (χ0v) is 23.1. The van der Waals surface area contributed by atoms with E-state index in [4.69, 9.17) is 0 Å². The van der Waals surface area contributed by atoms with Gasteiger partial charge in [0, 0.05) is 68.3 Å². The highest BCUT2D eigenvalue weighted by Gasteiger charge is 2.23. The molecule has 0 bridgehead atoms. The molecule has 1 aliphatic rings. The highest BCUT2D eigenvalue weighted by atomic mass is 16.1. The lowest BCUT2D eigenvalue weighted by Gasteiger charge is -2.38. The molecule has 9 nitrogen and oxygen atoms in total. The Morgan fingerprint density at radius 2 is 1.77 bits per heavy atom. The van der Waals surface area contributed by atoms with Gasteiger partial charge in [0.05, 0.1) is 12.2 Å². The number of nitrogens with one attached hydrogen (secondary N) is 2. The molecule has 3 heterocycles. The molecular formula is C30H36N8O. The molecule has 5 rings (SSSR count). The number of anilines is 3. The van der Waals surface area contributed by atoms with Gasteiger partial charge in [-0.15, -0.1) is 0 Å². The fourth-order valence-electron chi connectivity index (χ4n) is 5.05. The first-order valence-electron chi connectivity index (χ1n) is 13.4. The van der Waals surface area contributed by atoms with Crippen LogP contribution in [0.5, 0.6) is 0 Å². The summed E-state index contributed by atoms with van der Waals surface area (Å²) in [6.45, 7) is 10.1. The van der Waals surface area contributed by atoms with Crippen LogP contribution >= 0.6 is 0 Å². The van der Waals surface area contributed by atoms with E-state index in [9.17, 15) is 4.79 Å². The minimum atomic E-state index is -0.0557. The first kappa shape index (κ1) is 26.2. The van der Waals surface area contributed by atoms with Crippen molar-refractivity contribution in [3.05, 3.63) is 95.1 Å². The molecule has 39 heavy (non-hydrogen) atoms. The Bertz CT molecular complexity index is 1440. The number of piperazine rings is 1. The van der Waals surface area contributed by atoms with Gasteiger partial charge in [-0.2, -0.15) is 5.10 Å². The van der Waals surface area contributed by atoms with Crippen molar-refractivity contribution in [3.8, 4) is 0 Å². The topological polar surface area (TPSA) is 91.2 Å². The van der Waals surface area contributed by atoms with Crippen LogP contribution in [0, 0.1) is 13.8 Å². The lowest BCUT2D eigenvalue weighted by atomic mass is 10.1. The van der Waals surface area contributed by atoms with E-state index in [0.717, 1.165) is 65.8 Å². The maximum Gasteiger partial charge on any atom is 0.251 e. The van der Waals surface area contributed by atoms with Gasteiger partial charge in [0.1, 0.15) is 18.0 Å². The van der Waals surface area contributed by atoms with Crippen LogP contribution in [0.3, 0.4) is 0 Å². The molecule has 0 saturated carbocycles. The van der Waals surface area contributed by atoms with Crippen LogP contribution in [-0.2, 0) is 13.6 Å².